The lowest BCUT2D eigenvalue weighted by atomic mass is 10.2. The van der Waals surface area contributed by atoms with Crippen LogP contribution in [0.1, 0.15) is 5.56 Å². The number of piperazine rings is 2. The first-order valence-electron chi connectivity index (χ1n) is 20.2. The Morgan fingerprint density at radius 2 is 0.738 bits per heavy atom. The van der Waals surface area contributed by atoms with Crippen LogP contribution in [0, 0.1) is 21.9 Å². The van der Waals surface area contributed by atoms with Crippen LogP contribution in [0.5, 0.6) is 0 Å². The van der Waals surface area contributed by atoms with Crippen molar-refractivity contribution < 1.29 is 13.9 Å². The number of terminal acetylenes is 1. The van der Waals surface area contributed by atoms with Crippen LogP contribution < -0.4 is 10.2 Å². The van der Waals surface area contributed by atoms with Crippen molar-refractivity contribution in [3.63, 3.8) is 0 Å². The predicted octanol–water partition coefficient (Wildman–Crippen LogP) is 1.58. The van der Waals surface area contributed by atoms with Gasteiger partial charge in [-0.2, -0.15) is 4.39 Å². The summed E-state index contributed by atoms with van der Waals surface area (Å²) in [5.41, 5.74) is 0.837. The van der Waals surface area contributed by atoms with E-state index in [1.54, 1.807) is 119 Å². The molecule has 4 saturated heterocycles. The summed E-state index contributed by atoms with van der Waals surface area (Å²) >= 11 is 11.7. The summed E-state index contributed by atoms with van der Waals surface area (Å²) in [6.45, 7) is 12.6. The third kappa shape index (κ3) is 52.7. The molecule has 2 aromatic rings. The Hall–Kier alpha value is 8.68. The largest absolute Gasteiger partial charge is 0.378 e. The van der Waals surface area contributed by atoms with E-state index in [-0.39, 0.29) is 0 Å². The molecule has 0 spiro atoms. The molecule has 84 heavy (non-hydrogen) atoms. The van der Waals surface area contributed by atoms with Gasteiger partial charge in [0.1, 0.15) is 5.82 Å². The van der Waals surface area contributed by atoms with Crippen LogP contribution in [0.2, 0.25) is 0 Å². The summed E-state index contributed by atoms with van der Waals surface area (Å²) in [5.74, 6) is 3.19. The molecule has 0 amide bonds. The Kier molecular flexibility index (Phi) is 69.8. The fraction of sp³-hybridized carbons (Fsp3) is 0.538. The highest BCUT2D eigenvalue weighted by molar-refractivity contribution is 14.1. The molecule has 0 saturated carbocycles. The number of anilines is 1. The van der Waals surface area contributed by atoms with Crippen molar-refractivity contribution in [3.8, 4) is 12.3 Å². The van der Waals surface area contributed by atoms with E-state index < -0.39 is 5.95 Å². The van der Waals surface area contributed by atoms with Crippen molar-refractivity contribution >= 4 is 459 Å². The summed E-state index contributed by atoms with van der Waals surface area (Å²) in [6, 6.07) is 8.35. The van der Waals surface area contributed by atoms with E-state index >= 15 is 0 Å². The molecule has 4 fully saturated rings. The lowest BCUT2D eigenvalue weighted by Gasteiger charge is -2.42. The number of pyridine rings is 2. The van der Waals surface area contributed by atoms with Crippen molar-refractivity contribution in [3.05, 3.63) is 51.7 Å². The van der Waals surface area contributed by atoms with Crippen LogP contribution in [0.25, 0.3) is 0 Å². The monoisotopic (exact) mass is 2140 g/mol. The van der Waals surface area contributed by atoms with Gasteiger partial charge < -0.3 is 19.7 Å². The molecule has 1 N–H and O–H groups in total. The van der Waals surface area contributed by atoms with Gasteiger partial charge in [0.05, 0.1) is 38.5 Å². The SMILES string of the molecule is C#Cc1ccc(N2CCN(C3COC3)CC2)nc1.C1CN(C2COC2)CCN1.Fc1ccc(I)cn1.S=S=S=S=S=S=S=S=S=S=S=S=S=S=S=S=S=S=S=S=S=S=S=S=S=S=S=S=S=S=S=S=S=S=S=S=S=S=S=S=S=S=S=S=S=S=S=S. The van der Waals surface area contributed by atoms with Gasteiger partial charge in [-0.3, -0.25) is 9.80 Å². The third-order valence-electron chi connectivity index (χ3n) is 7.92. The van der Waals surface area contributed by atoms with E-state index in [1.807, 2.05) is 296 Å². The highest BCUT2D eigenvalue weighted by atomic mass is 127. The third-order valence-corrected chi connectivity index (χ3v) is 109. The fourth-order valence-corrected chi connectivity index (χ4v) is 126. The second kappa shape index (κ2) is 67.5. The molecule has 0 bridgehead atoms. The molecular weight excluding hydrogens is 2110 g/mol. The first-order valence-corrected chi connectivity index (χ1v) is 84.0. The summed E-state index contributed by atoms with van der Waals surface area (Å²) in [6.07, 6.45) is 8.58. The van der Waals surface area contributed by atoms with E-state index in [0.717, 1.165) is 86.7 Å². The number of halogens is 2. The lowest BCUT2D eigenvalue weighted by Crippen LogP contribution is -2.56. The Balaban J connectivity index is 0.000000400. The normalized spacial score (nSPS) is 13.5. The smallest absolute Gasteiger partial charge is 0.212 e. The van der Waals surface area contributed by atoms with Crippen molar-refractivity contribution in [2.75, 3.05) is 83.7 Å². The molecule has 482 valence electrons. The zero-order valence-corrected chi connectivity index (χ0v) is 81.4. The van der Waals surface area contributed by atoms with Crippen molar-refractivity contribution in [2.24, 2.45) is 0 Å². The fourth-order valence-electron chi connectivity index (χ4n) is 4.75. The van der Waals surface area contributed by atoms with Crippen LogP contribution in [-0.4, -0.2) is 111 Å². The Labute approximate surface area is 643 Å². The maximum absolute atomic E-state index is 12.0. The number of hydrogen-bond donors (Lipinski definition) is 1. The van der Waals surface area contributed by atoms with Crippen LogP contribution in [0.3, 0.4) is 0 Å². The molecule has 58 heteroatoms. The van der Waals surface area contributed by atoms with Crippen LogP contribution in [0.15, 0.2) is 36.7 Å². The highest BCUT2D eigenvalue weighted by Gasteiger charge is 2.29. The second-order valence-electron chi connectivity index (χ2n) is 12.2. The maximum Gasteiger partial charge on any atom is 0.212 e. The van der Waals surface area contributed by atoms with E-state index in [0.29, 0.717) is 6.04 Å². The number of rotatable bonds is 3. The molecule has 0 aliphatic carbocycles. The summed E-state index contributed by atoms with van der Waals surface area (Å²) in [4.78, 5) is 15.2. The van der Waals surface area contributed by atoms with Gasteiger partial charge in [-0.1, -0.05) is 5.92 Å². The second-order valence-corrected chi connectivity index (χ2v) is 94.8. The van der Waals surface area contributed by atoms with Crippen LogP contribution in [0.4, 0.5) is 10.2 Å². The van der Waals surface area contributed by atoms with Gasteiger partial charge in [0.25, 0.3) is 0 Å². The van der Waals surface area contributed by atoms with Crippen LogP contribution in [-0.2, 0) is 440 Å². The van der Waals surface area contributed by atoms with Crippen molar-refractivity contribution in [1.29, 1.82) is 0 Å². The molecular formula is C26H34FIN6O2S48. The van der Waals surface area contributed by atoms with Gasteiger partial charge in [0, 0.05) is 505 Å². The molecule has 8 nitrogen and oxygen atoms in total. The van der Waals surface area contributed by atoms with Gasteiger partial charge in [-0.05, 0) is 46.9 Å². The van der Waals surface area contributed by atoms with Gasteiger partial charge >= 0.3 is 0 Å². The molecule has 0 aromatic carbocycles. The predicted molar refractivity (Wildman–Crippen MR) is 500 cm³/mol. The molecule has 6 heterocycles. The average Bonchev–Trinajstić information content (AvgIpc) is 3.67. The highest BCUT2D eigenvalue weighted by Crippen LogP contribution is 2.17. The standard InChI is InChI=1S/C14H17N3O.C7H14N2O.C5H3FIN.S48/c1-2-12-3-4-14(15-9-12)17-7-5-16(6-8-17)13-10-18-11-13;1-3-9(4-2-8-1)7-5-10-6-7;6-5-2-1-4(7)3-8-5;1-3-5-7-9-11-13-15-17-19-21-23-25-27-29-31-33-35-37-39-41-43-45-47-48-46-44-42-40-38-36-34-32-30-28-26-24-22-20-18-16-14-12-10-8-6-4-2/h1,3-4,9,13H,5-8,10-11H2;7-8H,1-6H2;1-3H;. The van der Waals surface area contributed by atoms with Crippen LogP contribution >= 0.6 is 22.6 Å². The molecule has 0 radical (unpaired) electrons. The number of nitrogens with zero attached hydrogens (tertiary/aromatic N) is 5. The molecule has 0 unspecified atom stereocenters. The van der Waals surface area contributed by atoms with Gasteiger partial charge in [0.2, 0.25) is 5.95 Å². The zero-order chi connectivity index (χ0) is 59.7. The Bertz CT molecular complexity index is 4550. The topological polar surface area (TPSA) is 66.0 Å². The number of ether oxygens (including phenoxy) is 2. The molecule has 2 aromatic heterocycles. The minimum Gasteiger partial charge on any atom is -0.378 e. The number of hydrogen-bond acceptors (Lipinski definition) is 10. The van der Waals surface area contributed by atoms with E-state index in [4.69, 9.17) is 38.3 Å². The first kappa shape index (κ1) is 86.9. The van der Waals surface area contributed by atoms with E-state index in [2.05, 4.69) is 58.5 Å². The number of aromatic nitrogens is 2. The number of nitrogens with one attached hydrogen (secondary N) is 1. The average molecular weight is 2150 g/mol. The lowest BCUT2D eigenvalue weighted by molar-refractivity contribution is -0.0677. The van der Waals surface area contributed by atoms with Crippen molar-refractivity contribution in [2.45, 2.75) is 12.1 Å². The van der Waals surface area contributed by atoms with Gasteiger partial charge in [0.15, 0.2) is 0 Å². The Morgan fingerprint density at radius 3 is 0.964 bits per heavy atom. The van der Waals surface area contributed by atoms with Gasteiger partial charge in [-0.15, -0.1) is 6.42 Å². The molecule has 4 aliphatic rings. The summed E-state index contributed by atoms with van der Waals surface area (Å²) in [5, 5.41) is 3.34. The maximum atomic E-state index is 12.0. The molecule has 4 aliphatic heterocycles. The molecule has 0 atom stereocenters. The summed E-state index contributed by atoms with van der Waals surface area (Å²) in [7, 11) is 82.0. The first-order chi connectivity index (χ1) is 41.5. The van der Waals surface area contributed by atoms with Crippen molar-refractivity contribution in [1.82, 2.24) is 25.1 Å². The Morgan fingerprint density at radius 1 is 0.429 bits per heavy atom. The minimum absolute atomic E-state index is 0.426. The minimum atomic E-state index is -0.426. The zero-order valence-electron chi connectivity index (χ0n) is 40.1. The quantitative estimate of drug-likeness (QED) is 0.279. The van der Waals surface area contributed by atoms with E-state index in [9.17, 15) is 4.39 Å². The van der Waals surface area contributed by atoms with Gasteiger partial charge in [-0.25, -0.2) is 9.97 Å². The molecule has 6 rings (SSSR count). The van der Waals surface area contributed by atoms with E-state index in [1.165, 1.54) is 43.1 Å². The summed E-state index contributed by atoms with van der Waals surface area (Å²) < 4.78 is 23.3.